The second kappa shape index (κ2) is 7.85. The van der Waals surface area contributed by atoms with E-state index in [9.17, 15) is 0 Å². The van der Waals surface area contributed by atoms with Crippen molar-refractivity contribution in [2.75, 3.05) is 0 Å². The zero-order chi connectivity index (χ0) is 14.0. The Kier molecular flexibility index (Phi) is 5.47. The van der Waals surface area contributed by atoms with Crippen molar-refractivity contribution in [3.8, 4) is 11.8 Å². The largest absolute Gasteiger partial charge is 0.125 e. The third-order valence-electron chi connectivity index (χ3n) is 2.87. The van der Waals surface area contributed by atoms with Crippen molar-refractivity contribution in [1.82, 2.24) is 0 Å². The summed E-state index contributed by atoms with van der Waals surface area (Å²) in [6.45, 7) is 2.08. The number of hydrogen-bond acceptors (Lipinski definition) is 0. The fourth-order valence-corrected chi connectivity index (χ4v) is 1.73. The van der Waals surface area contributed by atoms with Crippen LogP contribution in [0.3, 0.4) is 0 Å². The van der Waals surface area contributed by atoms with E-state index in [0.29, 0.717) is 0 Å². The van der Waals surface area contributed by atoms with E-state index in [2.05, 4.69) is 60.9 Å². The fourth-order valence-electron chi connectivity index (χ4n) is 1.73. The zero-order valence-corrected chi connectivity index (χ0v) is 11.8. The van der Waals surface area contributed by atoms with E-state index in [1.165, 1.54) is 11.1 Å². The maximum absolute atomic E-state index is 3.19. The Bertz CT molecular complexity index is 643. The van der Waals surface area contributed by atoms with Gasteiger partial charge in [-0.1, -0.05) is 59.9 Å². The van der Waals surface area contributed by atoms with Gasteiger partial charge in [-0.2, -0.15) is 0 Å². The van der Waals surface area contributed by atoms with Crippen molar-refractivity contribution in [2.45, 2.75) is 19.8 Å². The average molecular weight is 258 g/mol. The molecule has 0 aliphatic rings. The predicted octanol–water partition coefficient (Wildman–Crippen LogP) is 5.00. The summed E-state index contributed by atoms with van der Waals surface area (Å²) in [5.74, 6) is 6.36. The molecule has 0 aliphatic heterocycles. The topological polar surface area (TPSA) is 0 Å². The molecule has 0 saturated carbocycles. The van der Waals surface area contributed by atoms with Crippen molar-refractivity contribution in [3.05, 3.63) is 83.1 Å². The maximum atomic E-state index is 3.19. The monoisotopic (exact) mass is 258 g/mol. The summed E-state index contributed by atoms with van der Waals surface area (Å²) in [4.78, 5) is 0. The number of aryl methyl sites for hydroxylation is 1. The van der Waals surface area contributed by atoms with Gasteiger partial charge in [0, 0.05) is 12.0 Å². The summed E-state index contributed by atoms with van der Waals surface area (Å²) in [5.41, 5.74) is 6.72. The van der Waals surface area contributed by atoms with Crippen LogP contribution in [0.4, 0.5) is 0 Å². The number of hydrogen-bond donors (Lipinski definition) is 0. The van der Waals surface area contributed by atoms with Gasteiger partial charge in [-0.05, 0) is 43.2 Å². The summed E-state index contributed by atoms with van der Waals surface area (Å²) >= 11 is 0. The lowest BCUT2D eigenvalue weighted by atomic mass is 10.1. The van der Waals surface area contributed by atoms with Gasteiger partial charge in [-0.3, -0.25) is 0 Å². The molecule has 0 aliphatic carbocycles. The standard InChI is InChI=1S/C20H18/c1-18-14-16-20(17-15-18)13-7-4-2-3-6-10-19-11-8-5-9-12-19/h3,5,8-12,14-17H,2,4H2,1H3. The third kappa shape index (κ3) is 5.02. The summed E-state index contributed by atoms with van der Waals surface area (Å²) in [7, 11) is 0. The van der Waals surface area contributed by atoms with Gasteiger partial charge in [0.2, 0.25) is 0 Å². The van der Waals surface area contributed by atoms with Crippen LogP contribution in [0.5, 0.6) is 0 Å². The number of benzene rings is 2. The van der Waals surface area contributed by atoms with E-state index in [-0.39, 0.29) is 0 Å². The lowest BCUT2D eigenvalue weighted by Crippen LogP contribution is -1.75. The lowest BCUT2D eigenvalue weighted by Gasteiger charge is -1.91. The van der Waals surface area contributed by atoms with Gasteiger partial charge in [-0.15, -0.1) is 5.73 Å². The highest BCUT2D eigenvalue weighted by molar-refractivity contribution is 5.47. The first-order valence-corrected chi connectivity index (χ1v) is 6.86. The number of unbranched alkanes of at least 4 members (excludes halogenated alkanes) is 1. The SMILES string of the molecule is Cc1ccc(C#CCCC=C=Cc2ccccc2)cc1. The molecule has 0 unspecified atom stereocenters. The first kappa shape index (κ1) is 13.9. The fraction of sp³-hybridized carbons (Fsp3) is 0.150. The highest BCUT2D eigenvalue weighted by atomic mass is 13.9. The predicted molar refractivity (Wildman–Crippen MR) is 86.3 cm³/mol. The molecule has 0 heteroatoms. The molecular weight excluding hydrogens is 240 g/mol. The van der Waals surface area contributed by atoms with E-state index < -0.39 is 0 Å². The van der Waals surface area contributed by atoms with Gasteiger partial charge < -0.3 is 0 Å². The van der Waals surface area contributed by atoms with E-state index in [1.54, 1.807) is 0 Å². The van der Waals surface area contributed by atoms with Crippen molar-refractivity contribution in [2.24, 2.45) is 0 Å². The molecule has 0 radical (unpaired) electrons. The second-order valence-electron chi connectivity index (χ2n) is 4.63. The summed E-state index contributed by atoms with van der Waals surface area (Å²) in [6, 6.07) is 18.5. The summed E-state index contributed by atoms with van der Waals surface area (Å²) in [6.07, 6.45) is 5.83. The molecule has 2 aromatic rings. The minimum Gasteiger partial charge on any atom is -0.125 e. The minimum atomic E-state index is 0.865. The number of rotatable bonds is 3. The smallest absolute Gasteiger partial charge is 0.0245 e. The molecule has 2 aromatic carbocycles. The highest BCUT2D eigenvalue weighted by Crippen LogP contribution is 2.02. The normalized spacial score (nSPS) is 9.05. The molecule has 0 nitrogen and oxygen atoms in total. The molecule has 20 heavy (non-hydrogen) atoms. The lowest BCUT2D eigenvalue weighted by molar-refractivity contribution is 1.09. The molecule has 98 valence electrons. The van der Waals surface area contributed by atoms with Gasteiger partial charge in [0.15, 0.2) is 0 Å². The van der Waals surface area contributed by atoms with Gasteiger partial charge in [0.25, 0.3) is 0 Å². The van der Waals surface area contributed by atoms with E-state index in [0.717, 1.165) is 18.4 Å². The van der Waals surface area contributed by atoms with Crippen LogP contribution in [0.15, 0.2) is 66.4 Å². The molecule has 0 amide bonds. The minimum absolute atomic E-state index is 0.865. The summed E-state index contributed by atoms with van der Waals surface area (Å²) in [5, 5.41) is 0. The van der Waals surface area contributed by atoms with Crippen molar-refractivity contribution >= 4 is 6.08 Å². The van der Waals surface area contributed by atoms with Crippen LogP contribution < -0.4 is 0 Å². The zero-order valence-electron chi connectivity index (χ0n) is 11.8. The molecule has 0 spiro atoms. The molecule has 0 aromatic heterocycles. The first-order chi connectivity index (χ1) is 9.84. The molecular formula is C20H18. The molecule has 2 rings (SSSR count). The van der Waals surface area contributed by atoms with Crippen molar-refractivity contribution in [3.63, 3.8) is 0 Å². The van der Waals surface area contributed by atoms with Crippen molar-refractivity contribution in [1.29, 1.82) is 0 Å². The van der Waals surface area contributed by atoms with Gasteiger partial charge in [-0.25, -0.2) is 0 Å². The van der Waals surface area contributed by atoms with Crippen LogP contribution in [-0.4, -0.2) is 0 Å². The highest BCUT2D eigenvalue weighted by Gasteiger charge is 1.85. The van der Waals surface area contributed by atoms with Crippen LogP contribution >= 0.6 is 0 Å². The Morgan fingerprint density at radius 3 is 2.45 bits per heavy atom. The maximum Gasteiger partial charge on any atom is 0.0245 e. The van der Waals surface area contributed by atoms with E-state index in [4.69, 9.17) is 0 Å². The molecule has 0 N–H and O–H groups in total. The first-order valence-electron chi connectivity index (χ1n) is 6.86. The van der Waals surface area contributed by atoms with E-state index >= 15 is 0 Å². The Morgan fingerprint density at radius 2 is 1.70 bits per heavy atom. The Labute approximate surface area is 121 Å². The van der Waals surface area contributed by atoms with Crippen molar-refractivity contribution < 1.29 is 0 Å². The number of allylic oxidation sites excluding steroid dienone is 1. The second-order valence-corrected chi connectivity index (χ2v) is 4.63. The molecule has 0 atom stereocenters. The Morgan fingerprint density at radius 1 is 0.950 bits per heavy atom. The molecule has 0 fully saturated rings. The Hall–Kier alpha value is -2.48. The van der Waals surface area contributed by atoms with Crippen LogP contribution in [0, 0.1) is 18.8 Å². The molecule has 0 bridgehead atoms. The van der Waals surface area contributed by atoms with Crippen LogP contribution in [0.1, 0.15) is 29.5 Å². The van der Waals surface area contributed by atoms with Crippen LogP contribution in [0.2, 0.25) is 0 Å². The van der Waals surface area contributed by atoms with E-state index in [1.807, 2.05) is 30.4 Å². The molecule has 0 saturated heterocycles. The van der Waals surface area contributed by atoms with Crippen LogP contribution in [-0.2, 0) is 0 Å². The quantitative estimate of drug-likeness (QED) is 0.413. The summed E-state index contributed by atoms with van der Waals surface area (Å²) < 4.78 is 0. The van der Waals surface area contributed by atoms with Crippen LogP contribution in [0.25, 0.3) is 6.08 Å². The average Bonchev–Trinajstić information content (AvgIpc) is 2.49. The van der Waals surface area contributed by atoms with Gasteiger partial charge >= 0.3 is 0 Å². The third-order valence-corrected chi connectivity index (χ3v) is 2.87. The van der Waals surface area contributed by atoms with Gasteiger partial charge in [0.1, 0.15) is 0 Å². The molecule has 0 heterocycles. The van der Waals surface area contributed by atoms with Gasteiger partial charge in [0.05, 0.1) is 0 Å². The Balaban J connectivity index is 1.80.